The highest BCUT2D eigenvalue weighted by Gasteiger charge is 2.15. The maximum atomic E-state index is 9.14. The molecule has 0 saturated carbocycles. The Hall–Kier alpha value is -1.75. The van der Waals surface area contributed by atoms with Crippen LogP contribution in [0, 0.1) is 11.3 Å². The van der Waals surface area contributed by atoms with Crippen molar-refractivity contribution in [2.75, 3.05) is 0 Å². The molecule has 18 heavy (non-hydrogen) atoms. The fraction of sp³-hybridized carbons (Fsp3) is 0.438. The first kappa shape index (κ1) is 14.3. The summed E-state index contributed by atoms with van der Waals surface area (Å²) in [7, 11) is 0. The molecule has 0 heterocycles. The van der Waals surface area contributed by atoms with Gasteiger partial charge in [-0.25, -0.2) is 0 Å². The van der Waals surface area contributed by atoms with Crippen LogP contribution in [0.15, 0.2) is 24.9 Å². The zero-order valence-corrected chi connectivity index (χ0v) is 11.7. The lowest BCUT2D eigenvalue weighted by atomic mass is 9.87. The van der Waals surface area contributed by atoms with Crippen molar-refractivity contribution in [3.8, 4) is 6.07 Å². The number of nitrogens with zero attached hydrogens (tertiary/aromatic N) is 1. The summed E-state index contributed by atoms with van der Waals surface area (Å²) in [4.78, 5) is 0. The maximum absolute atomic E-state index is 9.14. The van der Waals surface area contributed by atoms with E-state index in [0.717, 1.165) is 12.1 Å². The zero-order chi connectivity index (χ0) is 13.7. The zero-order valence-electron chi connectivity index (χ0n) is 11.7. The van der Waals surface area contributed by atoms with Crippen LogP contribution in [0.4, 0.5) is 0 Å². The number of rotatable bonds is 5. The summed E-state index contributed by atoms with van der Waals surface area (Å²) in [5.41, 5.74) is 4.57. The molecule has 2 nitrogen and oxygen atoms in total. The van der Waals surface area contributed by atoms with E-state index < -0.39 is 0 Å². The molecular formula is C16H22N2. The first-order valence-corrected chi connectivity index (χ1v) is 6.42. The van der Waals surface area contributed by atoms with Crippen molar-refractivity contribution in [3.05, 3.63) is 47.2 Å². The Labute approximate surface area is 110 Å². The first-order valence-electron chi connectivity index (χ1n) is 6.42. The highest BCUT2D eigenvalue weighted by atomic mass is 14.8. The summed E-state index contributed by atoms with van der Waals surface area (Å²) in [6, 6.07) is 6.28. The largest absolute Gasteiger partial charge is 0.387 e. The second-order valence-electron chi connectivity index (χ2n) is 5.14. The van der Waals surface area contributed by atoms with Crippen molar-refractivity contribution < 1.29 is 0 Å². The van der Waals surface area contributed by atoms with Gasteiger partial charge in [0, 0.05) is 6.54 Å². The van der Waals surface area contributed by atoms with E-state index in [1.54, 1.807) is 6.20 Å². The van der Waals surface area contributed by atoms with Crippen LogP contribution in [0.3, 0.4) is 0 Å². The van der Waals surface area contributed by atoms with Crippen LogP contribution in [0.5, 0.6) is 0 Å². The van der Waals surface area contributed by atoms with E-state index in [-0.39, 0.29) is 0 Å². The summed E-state index contributed by atoms with van der Waals surface area (Å²) in [6.45, 7) is 13.1. The van der Waals surface area contributed by atoms with Crippen LogP contribution < -0.4 is 5.32 Å². The van der Waals surface area contributed by atoms with Crippen molar-refractivity contribution in [3.63, 3.8) is 0 Å². The molecule has 0 aliphatic heterocycles. The molecule has 0 saturated heterocycles. The molecule has 0 atom stereocenters. The predicted molar refractivity (Wildman–Crippen MR) is 76.4 cm³/mol. The minimum atomic E-state index is 0.414. The quantitative estimate of drug-likeness (QED) is 0.846. The number of nitriles is 1. The van der Waals surface area contributed by atoms with E-state index in [1.807, 2.05) is 12.1 Å². The molecule has 0 aliphatic carbocycles. The number of hydrogen-bond donors (Lipinski definition) is 1. The van der Waals surface area contributed by atoms with Gasteiger partial charge >= 0.3 is 0 Å². The molecule has 0 radical (unpaired) electrons. The molecule has 0 bridgehead atoms. The summed E-state index contributed by atoms with van der Waals surface area (Å²) in [5.74, 6) is 0.829. The van der Waals surface area contributed by atoms with Gasteiger partial charge in [-0.2, -0.15) is 5.26 Å². The van der Waals surface area contributed by atoms with Gasteiger partial charge in [0.25, 0.3) is 0 Å². The topological polar surface area (TPSA) is 35.8 Å². The number of benzene rings is 1. The fourth-order valence-electron chi connectivity index (χ4n) is 2.19. The van der Waals surface area contributed by atoms with Gasteiger partial charge in [-0.15, -0.1) is 0 Å². The van der Waals surface area contributed by atoms with E-state index in [4.69, 9.17) is 5.26 Å². The molecule has 1 rings (SSSR count). The van der Waals surface area contributed by atoms with Crippen LogP contribution in [0.2, 0.25) is 0 Å². The third kappa shape index (κ3) is 3.13. The van der Waals surface area contributed by atoms with Gasteiger partial charge < -0.3 is 5.32 Å². The third-order valence-corrected chi connectivity index (χ3v) is 3.12. The van der Waals surface area contributed by atoms with Crippen molar-refractivity contribution in [1.29, 1.82) is 5.26 Å². The lowest BCUT2D eigenvalue weighted by Gasteiger charge is -2.20. The molecule has 0 unspecified atom stereocenters. The first-order chi connectivity index (χ1) is 8.51. The van der Waals surface area contributed by atoms with Crippen LogP contribution in [-0.2, 0) is 6.54 Å². The molecule has 0 aliphatic rings. The van der Waals surface area contributed by atoms with Gasteiger partial charge in [0.15, 0.2) is 0 Å². The smallest absolute Gasteiger partial charge is 0.0991 e. The summed E-state index contributed by atoms with van der Waals surface area (Å²) < 4.78 is 0. The molecule has 0 fully saturated rings. The number of hydrogen-bond acceptors (Lipinski definition) is 2. The molecule has 2 heteroatoms. The average Bonchev–Trinajstić information content (AvgIpc) is 2.34. The van der Waals surface area contributed by atoms with E-state index >= 15 is 0 Å². The summed E-state index contributed by atoms with van der Waals surface area (Å²) >= 11 is 0. The monoisotopic (exact) mass is 242 g/mol. The second-order valence-corrected chi connectivity index (χ2v) is 5.14. The van der Waals surface area contributed by atoms with E-state index in [9.17, 15) is 0 Å². The van der Waals surface area contributed by atoms with Crippen molar-refractivity contribution in [1.82, 2.24) is 5.32 Å². The van der Waals surface area contributed by atoms with Gasteiger partial charge in [-0.05, 0) is 46.9 Å². The van der Waals surface area contributed by atoms with Gasteiger partial charge in [-0.1, -0.05) is 34.3 Å². The molecule has 0 amide bonds. The molecular weight excluding hydrogens is 220 g/mol. The summed E-state index contributed by atoms with van der Waals surface area (Å²) in [5, 5.41) is 12.3. The van der Waals surface area contributed by atoms with Crippen molar-refractivity contribution in [2.45, 2.75) is 46.1 Å². The Morgan fingerprint density at radius 1 is 1.22 bits per heavy atom. The van der Waals surface area contributed by atoms with Gasteiger partial charge in [0.2, 0.25) is 0 Å². The Morgan fingerprint density at radius 2 is 1.72 bits per heavy atom. The molecule has 96 valence electrons. The van der Waals surface area contributed by atoms with Gasteiger partial charge in [0.1, 0.15) is 0 Å². The van der Waals surface area contributed by atoms with Crippen LogP contribution in [-0.4, -0.2) is 0 Å². The standard InChI is InChI=1S/C16H22N2/c1-6-18-10-16-14(11(2)3)7-13(9-17)8-15(16)12(4)5/h6-8,11-12,18H,1,10H2,2-5H3. The van der Waals surface area contributed by atoms with E-state index in [2.05, 4.69) is 45.7 Å². The highest BCUT2D eigenvalue weighted by Crippen LogP contribution is 2.29. The average molecular weight is 242 g/mol. The Bertz CT molecular complexity index is 435. The predicted octanol–water partition coefficient (Wildman–Crippen LogP) is 4.04. The minimum Gasteiger partial charge on any atom is -0.387 e. The fourth-order valence-corrected chi connectivity index (χ4v) is 2.19. The van der Waals surface area contributed by atoms with Gasteiger partial charge in [-0.3, -0.25) is 0 Å². The normalized spacial score (nSPS) is 10.5. The molecule has 0 aromatic heterocycles. The highest BCUT2D eigenvalue weighted by molar-refractivity contribution is 5.46. The maximum Gasteiger partial charge on any atom is 0.0991 e. The molecule has 1 N–H and O–H groups in total. The third-order valence-electron chi connectivity index (χ3n) is 3.12. The Kier molecular flexibility index (Phi) is 4.97. The van der Waals surface area contributed by atoms with E-state index in [1.165, 1.54) is 16.7 Å². The Morgan fingerprint density at radius 3 is 2.06 bits per heavy atom. The molecule has 1 aromatic carbocycles. The van der Waals surface area contributed by atoms with Crippen LogP contribution >= 0.6 is 0 Å². The second kappa shape index (κ2) is 6.26. The van der Waals surface area contributed by atoms with Crippen LogP contribution in [0.1, 0.15) is 61.8 Å². The van der Waals surface area contributed by atoms with Crippen molar-refractivity contribution >= 4 is 0 Å². The Balaban J connectivity index is 3.40. The minimum absolute atomic E-state index is 0.414. The van der Waals surface area contributed by atoms with Crippen molar-refractivity contribution in [2.24, 2.45) is 0 Å². The van der Waals surface area contributed by atoms with Gasteiger partial charge in [0.05, 0.1) is 11.6 Å². The number of nitrogens with one attached hydrogen (secondary N) is 1. The SMILES string of the molecule is C=CNCc1c(C(C)C)cc(C#N)cc1C(C)C. The molecule has 1 aromatic rings. The summed E-state index contributed by atoms with van der Waals surface area (Å²) in [6.07, 6.45) is 1.71. The van der Waals surface area contributed by atoms with Crippen LogP contribution in [0.25, 0.3) is 0 Å². The molecule has 0 spiro atoms. The van der Waals surface area contributed by atoms with E-state index in [0.29, 0.717) is 11.8 Å². The lowest BCUT2D eigenvalue weighted by Crippen LogP contribution is -2.12. The lowest BCUT2D eigenvalue weighted by molar-refractivity contribution is 0.761.